The number of rotatable bonds is 6. The Labute approximate surface area is 295 Å². The van der Waals surface area contributed by atoms with Crippen LogP contribution in [0.3, 0.4) is 0 Å². The number of benzene rings is 5. The second kappa shape index (κ2) is 12.6. The van der Waals surface area contributed by atoms with Gasteiger partial charge in [-0.15, -0.1) is 0 Å². The van der Waals surface area contributed by atoms with E-state index in [1.807, 2.05) is 36.5 Å². The third kappa shape index (κ3) is 6.16. The minimum Gasteiger partial charge on any atom is -0.507 e. The van der Waals surface area contributed by atoms with Crippen molar-refractivity contribution < 1.29 is 5.11 Å². The molecule has 0 aliphatic carbocycles. The highest BCUT2D eigenvalue weighted by atomic mass is 16.3. The molecule has 0 atom stereocenters. The zero-order chi connectivity index (χ0) is 35.2. The van der Waals surface area contributed by atoms with Crippen molar-refractivity contribution in [1.29, 1.82) is 0 Å². The number of pyridine rings is 1. The van der Waals surface area contributed by atoms with E-state index in [9.17, 15) is 5.11 Å². The standard InChI is InChI=1S/C45H44N4O/c1-44(2,3)32-26-37(42(50)38(27-32)45(4,5)6)43-47-41-36(30-17-16-18-31(25-30)39-23-14-15-24-46-39)28-35(29-40(41)48(43)7)49(33-19-10-8-11-20-33)34-21-12-9-13-22-34/h8-29,50H,1-7H3. The van der Waals surface area contributed by atoms with Crippen LogP contribution in [0.2, 0.25) is 0 Å². The first-order valence-corrected chi connectivity index (χ1v) is 17.2. The van der Waals surface area contributed by atoms with Crippen molar-refractivity contribution in [3.05, 3.63) is 145 Å². The van der Waals surface area contributed by atoms with Crippen molar-refractivity contribution in [3.63, 3.8) is 0 Å². The fourth-order valence-electron chi connectivity index (χ4n) is 6.65. The molecular weight excluding hydrogens is 613 g/mol. The molecule has 2 heterocycles. The van der Waals surface area contributed by atoms with Crippen molar-refractivity contribution in [1.82, 2.24) is 14.5 Å². The first-order valence-electron chi connectivity index (χ1n) is 17.2. The number of phenols is 1. The maximum absolute atomic E-state index is 11.9. The molecule has 0 aliphatic rings. The minimum absolute atomic E-state index is 0.122. The van der Waals surface area contributed by atoms with E-state index in [1.54, 1.807) is 0 Å². The second-order valence-corrected chi connectivity index (χ2v) is 15.1. The summed E-state index contributed by atoms with van der Waals surface area (Å²) >= 11 is 0. The average molecular weight is 657 g/mol. The summed E-state index contributed by atoms with van der Waals surface area (Å²) in [6.07, 6.45) is 1.83. The molecule has 0 spiro atoms. The first-order chi connectivity index (χ1) is 23.9. The molecule has 0 amide bonds. The molecule has 0 radical (unpaired) electrons. The number of hydrogen-bond donors (Lipinski definition) is 1. The van der Waals surface area contributed by atoms with Gasteiger partial charge in [-0.25, -0.2) is 4.98 Å². The van der Waals surface area contributed by atoms with Gasteiger partial charge >= 0.3 is 0 Å². The van der Waals surface area contributed by atoms with Crippen LogP contribution in [0.1, 0.15) is 52.7 Å². The van der Waals surface area contributed by atoms with Gasteiger partial charge in [-0.2, -0.15) is 0 Å². The van der Waals surface area contributed by atoms with Crippen LogP contribution < -0.4 is 4.90 Å². The number of fused-ring (bicyclic) bond motifs is 1. The number of imidazole rings is 1. The summed E-state index contributed by atoms with van der Waals surface area (Å²) in [5.74, 6) is 0.998. The number of anilines is 3. The van der Waals surface area contributed by atoms with E-state index < -0.39 is 0 Å². The Morgan fingerprint density at radius 3 is 1.84 bits per heavy atom. The number of aromatic nitrogens is 3. The molecule has 0 aliphatic heterocycles. The fraction of sp³-hybridized carbons (Fsp3) is 0.200. The van der Waals surface area contributed by atoms with Gasteiger partial charge in [0.2, 0.25) is 0 Å². The monoisotopic (exact) mass is 656 g/mol. The van der Waals surface area contributed by atoms with Crippen LogP contribution in [-0.2, 0) is 17.9 Å². The largest absolute Gasteiger partial charge is 0.507 e. The molecule has 0 fully saturated rings. The molecule has 250 valence electrons. The molecule has 5 aromatic carbocycles. The number of nitrogens with zero attached hydrogens (tertiary/aromatic N) is 4. The van der Waals surface area contributed by atoms with Gasteiger partial charge in [0, 0.05) is 47.0 Å². The predicted octanol–water partition coefficient (Wildman–Crippen LogP) is 11.7. The number of para-hydroxylation sites is 2. The molecule has 0 unspecified atom stereocenters. The van der Waals surface area contributed by atoms with Crippen LogP contribution in [0.15, 0.2) is 134 Å². The highest BCUT2D eigenvalue weighted by molar-refractivity contribution is 5.99. The van der Waals surface area contributed by atoms with Crippen molar-refractivity contribution >= 4 is 28.1 Å². The zero-order valence-corrected chi connectivity index (χ0v) is 29.9. The normalized spacial score (nSPS) is 12.0. The van der Waals surface area contributed by atoms with Gasteiger partial charge in [0.25, 0.3) is 0 Å². The van der Waals surface area contributed by atoms with E-state index in [4.69, 9.17) is 4.98 Å². The quantitative estimate of drug-likeness (QED) is 0.194. The summed E-state index contributed by atoms with van der Waals surface area (Å²) in [5.41, 5.74) is 11.3. The molecule has 2 aromatic heterocycles. The lowest BCUT2D eigenvalue weighted by molar-refractivity contribution is 0.446. The number of aromatic hydroxyl groups is 1. The van der Waals surface area contributed by atoms with Crippen LogP contribution in [-0.4, -0.2) is 19.6 Å². The number of aryl methyl sites for hydroxylation is 1. The minimum atomic E-state index is -0.263. The van der Waals surface area contributed by atoms with E-state index >= 15 is 0 Å². The smallest absolute Gasteiger partial charge is 0.144 e. The van der Waals surface area contributed by atoms with Crippen molar-refractivity contribution in [2.24, 2.45) is 7.05 Å². The third-order valence-corrected chi connectivity index (χ3v) is 9.42. The SMILES string of the molecule is Cn1c(-c2cc(C(C)(C)C)cc(C(C)(C)C)c2O)nc2c(-c3cccc(-c4ccccn4)c3)cc(N(c3ccccc3)c3ccccc3)cc21. The molecular formula is C45H44N4O. The van der Waals surface area contributed by atoms with Crippen molar-refractivity contribution in [3.8, 4) is 39.5 Å². The van der Waals surface area contributed by atoms with Crippen LogP contribution >= 0.6 is 0 Å². The molecule has 50 heavy (non-hydrogen) atoms. The van der Waals surface area contributed by atoms with E-state index in [0.717, 1.165) is 73.0 Å². The van der Waals surface area contributed by atoms with Gasteiger partial charge in [-0.05, 0) is 82.6 Å². The number of phenolic OH excluding ortho intramolecular Hbond substituents is 1. The van der Waals surface area contributed by atoms with E-state index in [-0.39, 0.29) is 16.6 Å². The van der Waals surface area contributed by atoms with Crippen LogP contribution in [0, 0.1) is 0 Å². The van der Waals surface area contributed by atoms with E-state index in [1.165, 1.54) is 0 Å². The lowest BCUT2D eigenvalue weighted by Gasteiger charge is -2.27. The number of hydrogen-bond acceptors (Lipinski definition) is 4. The second-order valence-electron chi connectivity index (χ2n) is 15.1. The van der Waals surface area contributed by atoms with Crippen molar-refractivity contribution in [2.75, 3.05) is 4.90 Å². The Morgan fingerprint density at radius 1 is 0.600 bits per heavy atom. The van der Waals surface area contributed by atoms with Gasteiger partial charge in [-0.3, -0.25) is 4.98 Å². The Kier molecular flexibility index (Phi) is 8.31. The lowest BCUT2D eigenvalue weighted by atomic mass is 9.79. The third-order valence-electron chi connectivity index (χ3n) is 9.42. The molecule has 0 saturated carbocycles. The molecule has 0 saturated heterocycles. The summed E-state index contributed by atoms with van der Waals surface area (Å²) in [5, 5.41) is 11.9. The van der Waals surface area contributed by atoms with E-state index in [0.29, 0.717) is 0 Å². The maximum atomic E-state index is 11.9. The molecule has 1 N–H and O–H groups in total. The Morgan fingerprint density at radius 2 is 1.24 bits per heavy atom. The fourth-order valence-corrected chi connectivity index (χ4v) is 6.65. The summed E-state index contributed by atoms with van der Waals surface area (Å²) in [6.45, 7) is 13.1. The topological polar surface area (TPSA) is 54.2 Å². The Balaban J connectivity index is 1.54. The van der Waals surface area contributed by atoms with Gasteiger partial charge in [-0.1, -0.05) is 108 Å². The summed E-state index contributed by atoms with van der Waals surface area (Å²) < 4.78 is 2.13. The van der Waals surface area contributed by atoms with Crippen LogP contribution in [0.25, 0.3) is 44.8 Å². The molecule has 7 aromatic rings. The lowest BCUT2D eigenvalue weighted by Crippen LogP contribution is -2.17. The molecule has 5 heteroatoms. The highest BCUT2D eigenvalue weighted by Gasteiger charge is 2.28. The Hall–Kier alpha value is -5.68. The highest BCUT2D eigenvalue weighted by Crippen LogP contribution is 2.45. The van der Waals surface area contributed by atoms with Crippen LogP contribution in [0.5, 0.6) is 5.75 Å². The zero-order valence-electron chi connectivity index (χ0n) is 29.9. The molecule has 7 rings (SSSR count). The molecule has 5 nitrogen and oxygen atoms in total. The Bertz CT molecular complexity index is 2260. The molecule has 0 bridgehead atoms. The van der Waals surface area contributed by atoms with E-state index in [2.05, 4.69) is 160 Å². The van der Waals surface area contributed by atoms with Crippen molar-refractivity contribution in [2.45, 2.75) is 52.4 Å². The van der Waals surface area contributed by atoms with Gasteiger partial charge in [0.05, 0.1) is 22.3 Å². The summed E-state index contributed by atoms with van der Waals surface area (Å²) in [4.78, 5) is 12.3. The van der Waals surface area contributed by atoms with Crippen LogP contribution in [0.4, 0.5) is 17.1 Å². The predicted molar refractivity (Wildman–Crippen MR) is 209 cm³/mol. The first kappa shape index (κ1) is 32.8. The summed E-state index contributed by atoms with van der Waals surface area (Å²) in [6, 6.07) is 44.2. The maximum Gasteiger partial charge on any atom is 0.144 e. The average Bonchev–Trinajstić information content (AvgIpc) is 3.44. The van der Waals surface area contributed by atoms with Gasteiger partial charge < -0.3 is 14.6 Å². The summed E-state index contributed by atoms with van der Waals surface area (Å²) in [7, 11) is 2.05. The van der Waals surface area contributed by atoms with Gasteiger partial charge in [0.1, 0.15) is 11.6 Å². The van der Waals surface area contributed by atoms with Gasteiger partial charge in [0.15, 0.2) is 0 Å².